The van der Waals surface area contributed by atoms with Crippen LogP contribution in [0.3, 0.4) is 0 Å². The number of benzene rings is 1. The molecule has 3 nitrogen and oxygen atoms in total. The summed E-state index contributed by atoms with van der Waals surface area (Å²) in [5.74, 6) is 0.344. The first kappa shape index (κ1) is 10.3. The third kappa shape index (κ3) is 1.38. The van der Waals surface area contributed by atoms with Gasteiger partial charge in [-0.05, 0) is 29.8 Å². The summed E-state index contributed by atoms with van der Waals surface area (Å²) in [5, 5.41) is 10.8. The minimum atomic E-state index is 0.0222. The third-order valence-electron chi connectivity index (χ3n) is 3.03. The lowest BCUT2D eigenvalue weighted by atomic mass is 9.85. The molecule has 0 saturated carbocycles. The number of nitrogen functional groups attached to an aromatic ring is 2. The molecule has 1 aromatic rings. The molecule has 80 valence electrons. The molecule has 15 heavy (non-hydrogen) atoms. The molecule has 0 radical (unpaired) electrons. The average molecular weight is 222 g/mol. The summed E-state index contributed by atoms with van der Waals surface area (Å²) < 4.78 is 0. The highest BCUT2D eigenvalue weighted by atomic mass is 31.0. The molecule has 1 aliphatic rings. The van der Waals surface area contributed by atoms with Crippen molar-refractivity contribution in [2.45, 2.75) is 19.3 Å². The van der Waals surface area contributed by atoms with Crippen molar-refractivity contribution in [3.63, 3.8) is 0 Å². The fourth-order valence-corrected chi connectivity index (χ4v) is 2.35. The van der Waals surface area contributed by atoms with Crippen molar-refractivity contribution in [1.82, 2.24) is 0 Å². The number of aromatic hydroxyl groups is 1. The van der Waals surface area contributed by atoms with Gasteiger partial charge in [0.2, 0.25) is 0 Å². The molecule has 0 aromatic heterocycles. The zero-order valence-corrected chi connectivity index (χ0v) is 9.77. The summed E-state index contributed by atoms with van der Waals surface area (Å²) in [7, 11) is 2.66. The molecule has 2 unspecified atom stereocenters. The van der Waals surface area contributed by atoms with Crippen molar-refractivity contribution in [3.05, 3.63) is 23.3 Å². The largest absolute Gasteiger partial charge is 0.504 e. The van der Waals surface area contributed by atoms with Gasteiger partial charge in [-0.1, -0.05) is 12.2 Å². The van der Waals surface area contributed by atoms with E-state index < -0.39 is 0 Å². The molecular formula is C11H15N2OP. The molecule has 0 spiro atoms. The Morgan fingerprint density at radius 2 is 2.00 bits per heavy atom. The van der Waals surface area contributed by atoms with Crippen LogP contribution < -0.4 is 16.8 Å². The number of phenolic OH excluding ortho intramolecular Hbond substituents is 1. The van der Waals surface area contributed by atoms with Crippen molar-refractivity contribution in [1.29, 1.82) is 0 Å². The Bertz CT molecular complexity index is 425. The average Bonchev–Trinajstić information content (AvgIpc) is 2.15. The second-order valence-electron chi connectivity index (χ2n) is 3.90. The molecule has 0 amide bonds. The minimum absolute atomic E-state index is 0.0222. The Labute approximate surface area is 91.4 Å². The number of phenols is 1. The maximum absolute atomic E-state index is 9.78. The van der Waals surface area contributed by atoms with E-state index in [0.717, 1.165) is 22.9 Å². The van der Waals surface area contributed by atoms with E-state index in [2.05, 4.69) is 21.4 Å². The molecular weight excluding hydrogens is 207 g/mol. The summed E-state index contributed by atoms with van der Waals surface area (Å²) in [6.45, 7) is 1.89. The molecule has 0 bridgehead atoms. The number of hydrogen-bond acceptors (Lipinski definition) is 3. The van der Waals surface area contributed by atoms with Crippen molar-refractivity contribution >= 4 is 25.9 Å². The molecule has 2 atom stereocenters. The smallest absolute Gasteiger partial charge is 0.162 e. The monoisotopic (exact) mass is 222 g/mol. The van der Waals surface area contributed by atoms with Crippen LogP contribution in [0.4, 0.5) is 11.4 Å². The van der Waals surface area contributed by atoms with E-state index in [4.69, 9.17) is 11.5 Å². The zero-order chi connectivity index (χ0) is 11.2. The fourth-order valence-electron chi connectivity index (χ4n) is 1.83. The molecule has 5 N–H and O–H groups in total. The SMILES string of the molecule is Cc1c(N)c(O)c(N)c(C2C=CC2)c1P. The van der Waals surface area contributed by atoms with E-state index in [0.29, 0.717) is 17.3 Å². The van der Waals surface area contributed by atoms with Gasteiger partial charge in [0, 0.05) is 5.92 Å². The van der Waals surface area contributed by atoms with E-state index in [-0.39, 0.29) is 5.75 Å². The highest BCUT2D eigenvalue weighted by Gasteiger charge is 2.23. The van der Waals surface area contributed by atoms with Crippen LogP contribution >= 0.6 is 9.24 Å². The van der Waals surface area contributed by atoms with Crippen molar-refractivity contribution in [3.8, 4) is 5.75 Å². The predicted molar refractivity (Wildman–Crippen MR) is 67.5 cm³/mol. The van der Waals surface area contributed by atoms with Crippen LogP contribution in [0.15, 0.2) is 12.2 Å². The topological polar surface area (TPSA) is 72.3 Å². The first-order chi connectivity index (χ1) is 7.04. The van der Waals surface area contributed by atoms with Crippen LogP contribution in [-0.2, 0) is 0 Å². The van der Waals surface area contributed by atoms with Gasteiger partial charge in [0.15, 0.2) is 5.75 Å². The van der Waals surface area contributed by atoms with E-state index in [1.807, 2.05) is 6.92 Å². The third-order valence-corrected chi connectivity index (χ3v) is 3.77. The van der Waals surface area contributed by atoms with Gasteiger partial charge >= 0.3 is 0 Å². The summed E-state index contributed by atoms with van der Waals surface area (Å²) in [6.07, 6.45) is 5.17. The van der Waals surface area contributed by atoms with Gasteiger partial charge in [0.25, 0.3) is 0 Å². The lowest BCUT2D eigenvalue weighted by molar-refractivity contribution is 0.479. The fraction of sp³-hybridized carbons (Fsp3) is 0.273. The van der Waals surface area contributed by atoms with Crippen molar-refractivity contribution < 1.29 is 5.11 Å². The van der Waals surface area contributed by atoms with Gasteiger partial charge in [-0.25, -0.2) is 0 Å². The minimum Gasteiger partial charge on any atom is -0.504 e. The quantitative estimate of drug-likeness (QED) is 0.291. The van der Waals surface area contributed by atoms with E-state index >= 15 is 0 Å². The number of allylic oxidation sites excluding steroid dienone is 2. The maximum Gasteiger partial charge on any atom is 0.162 e. The van der Waals surface area contributed by atoms with Crippen LogP contribution in [0.5, 0.6) is 5.75 Å². The maximum atomic E-state index is 9.78. The van der Waals surface area contributed by atoms with Crippen LogP contribution in [-0.4, -0.2) is 5.11 Å². The highest BCUT2D eigenvalue weighted by molar-refractivity contribution is 7.27. The zero-order valence-electron chi connectivity index (χ0n) is 8.62. The van der Waals surface area contributed by atoms with E-state index in [9.17, 15) is 5.11 Å². The number of anilines is 2. The Morgan fingerprint density at radius 3 is 2.47 bits per heavy atom. The Kier molecular flexibility index (Phi) is 2.35. The number of rotatable bonds is 1. The van der Waals surface area contributed by atoms with E-state index in [1.54, 1.807) is 0 Å². The van der Waals surface area contributed by atoms with Crippen molar-refractivity contribution in [2.24, 2.45) is 0 Å². The molecule has 0 heterocycles. The Balaban J connectivity index is 2.68. The molecule has 2 rings (SSSR count). The summed E-state index contributed by atoms with van der Waals surface area (Å²) in [4.78, 5) is 0. The lowest BCUT2D eigenvalue weighted by Gasteiger charge is -2.24. The molecule has 0 saturated heterocycles. The first-order valence-corrected chi connectivity index (χ1v) is 5.44. The van der Waals surface area contributed by atoms with Crippen LogP contribution in [0, 0.1) is 6.92 Å². The van der Waals surface area contributed by atoms with Crippen LogP contribution in [0.25, 0.3) is 0 Å². The van der Waals surface area contributed by atoms with E-state index in [1.165, 1.54) is 0 Å². The van der Waals surface area contributed by atoms with Gasteiger partial charge in [-0.15, -0.1) is 9.24 Å². The summed E-state index contributed by atoms with van der Waals surface area (Å²) in [5.41, 5.74) is 14.3. The van der Waals surface area contributed by atoms with Crippen LogP contribution in [0.2, 0.25) is 0 Å². The first-order valence-electron chi connectivity index (χ1n) is 4.86. The van der Waals surface area contributed by atoms with Crippen molar-refractivity contribution in [2.75, 3.05) is 11.5 Å². The van der Waals surface area contributed by atoms with Gasteiger partial charge < -0.3 is 16.6 Å². The second kappa shape index (κ2) is 3.42. The standard InChI is InChI=1S/C11H15N2OP/c1-5-8(12)10(14)9(13)7(11(5)15)6-3-2-4-6/h2-3,6,14H,4,12-13,15H2,1H3. The van der Waals surface area contributed by atoms with Gasteiger partial charge in [-0.3, -0.25) is 0 Å². The number of nitrogens with two attached hydrogens (primary N) is 2. The Hall–Kier alpha value is -1.21. The summed E-state index contributed by atoms with van der Waals surface area (Å²) in [6, 6.07) is 0. The summed E-state index contributed by atoms with van der Waals surface area (Å²) >= 11 is 0. The molecule has 1 aromatic carbocycles. The van der Waals surface area contributed by atoms with Crippen LogP contribution in [0.1, 0.15) is 23.5 Å². The molecule has 0 fully saturated rings. The highest BCUT2D eigenvalue weighted by Crippen LogP contribution is 2.40. The lowest BCUT2D eigenvalue weighted by Crippen LogP contribution is -2.17. The second-order valence-corrected chi connectivity index (χ2v) is 4.48. The molecule has 0 aliphatic heterocycles. The normalized spacial score (nSPS) is 18.9. The number of hydrogen-bond donors (Lipinski definition) is 3. The van der Waals surface area contributed by atoms with Gasteiger partial charge in [-0.2, -0.15) is 0 Å². The molecule has 4 heteroatoms. The predicted octanol–water partition coefficient (Wildman–Crippen LogP) is 1.41. The molecule has 1 aliphatic carbocycles. The Morgan fingerprint density at radius 1 is 1.40 bits per heavy atom. The van der Waals surface area contributed by atoms with Gasteiger partial charge in [0.1, 0.15) is 0 Å². The van der Waals surface area contributed by atoms with Gasteiger partial charge in [0.05, 0.1) is 11.4 Å².